The van der Waals surface area contributed by atoms with Crippen molar-refractivity contribution >= 4 is 77.3 Å². The maximum Gasteiger partial charge on any atom is 0.250 e. The smallest absolute Gasteiger partial charge is 0.250 e. The van der Waals surface area contributed by atoms with E-state index in [1.807, 2.05) is 50.2 Å². The number of para-hydroxylation sites is 1. The van der Waals surface area contributed by atoms with Crippen LogP contribution in [0.1, 0.15) is 17.0 Å². The molecule has 0 aliphatic rings. The molecule has 1 amide bonds. The van der Waals surface area contributed by atoms with Crippen LogP contribution in [0.4, 0.5) is 0 Å². The first-order valence-corrected chi connectivity index (χ1v) is 12.8. The number of benzene rings is 2. The number of amides is 1. The summed E-state index contributed by atoms with van der Waals surface area (Å²) in [5.41, 5.74) is 7.67. The van der Waals surface area contributed by atoms with Gasteiger partial charge in [0.05, 0.1) is 22.2 Å². The molecule has 158 valence electrons. The van der Waals surface area contributed by atoms with Crippen LogP contribution >= 0.6 is 55.0 Å². The monoisotopic (exact) mass is 576 g/mol. The third-order valence-corrected chi connectivity index (χ3v) is 8.39. The summed E-state index contributed by atoms with van der Waals surface area (Å²) in [4.78, 5) is 16.8. The number of aromatic nitrogens is 2. The number of thioether (sulfide) groups is 1. The standard InChI is InChI=1S/C22H18Br2N4OS2/c1-13-17(21(24)14(2)28(13)16-9-7-15(23)8-10-16)11-25-27-20(29)12-30-22-26-18-5-3-4-6-19(18)31-22/h3-11H,12H2,1-2H3,(H,27,29)/b25-11+. The van der Waals surface area contributed by atoms with Gasteiger partial charge in [0.1, 0.15) is 0 Å². The molecule has 0 saturated heterocycles. The van der Waals surface area contributed by atoms with Gasteiger partial charge in [0, 0.05) is 31.6 Å². The molecule has 0 aliphatic carbocycles. The van der Waals surface area contributed by atoms with Gasteiger partial charge in [-0.05, 0) is 66.2 Å². The van der Waals surface area contributed by atoms with Crippen molar-refractivity contribution in [3.05, 3.63) is 74.4 Å². The molecule has 9 heteroatoms. The zero-order chi connectivity index (χ0) is 22.0. The number of thiazole rings is 1. The van der Waals surface area contributed by atoms with E-state index in [1.165, 1.54) is 11.8 Å². The van der Waals surface area contributed by atoms with Gasteiger partial charge in [0.25, 0.3) is 5.91 Å². The molecule has 5 nitrogen and oxygen atoms in total. The second-order valence-corrected chi connectivity index (χ2v) is 10.7. The van der Waals surface area contributed by atoms with Crippen molar-refractivity contribution in [3.63, 3.8) is 0 Å². The van der Waals surface area contributed by atoms with E-state index in [0.29, 0.717) is 0 Å². The summed E-state index contributed by atoms with van der Waals surface area (Å²) in [6.45, 7) is 4.08. The molecule has 0 atom stereocenters. The van der Waals surface area contributed by atoms with Gasteiger partial charge in [0.2, 0.25) is 0 Å². The van der Waals surface area contributed by atoms with E-state index >= 15 is 0 Å². The Balaban J connectivity index is 1.41. The quantitative estimate of drug-likeness (QED) is 0.162. The van der Waals surface area contributed by atoms with Crippen molar-refractivity contribution < 1.29 is 4.79 Å². The number of rotatable bonds is 6. The summed E-state index contributed by atoms with van der Waals surface area (Å²) >= 11 is 10.1. The minimum absolute atomic E-state index is 0.168. The Kier molecular flexibility index (Phi) is 6.95. The van der Waals surface area contributed by atoms with E-state index in [1.54, 1.807) is 17.6 Å². The van der Waals surface area contributed by atoms with Crippen molar-refractivity contribution in [1.82, 2.24) is 15.0 Å². The topological polar surface area (TPSA) is 59.3 Å². The molecule has 2 heterocycles. The fraction of sp³-hybridized carbons (Fsp3) is 0.136. The van der Waals surface area contributed by atoms with Crippen LogP contribution in [0.5, 0.6) is 0 Å². The molecule has 2 aromatic heterocycles. The predicted molar refractivity (Wildman–Crippen MR) is 137 cm³/mol. The third kappa shape index (κ3) is 4.95. The molecule has 0 fully saturated rings. The number of hydrogen-bond acceptors (Lipinski definition) is 5. The van der Waals surface area contributed by atoms with Crippen LogP contribution in [-0.2, 0) is 4.79 Å². The Labute approximate surface area is 205 Å². The maximum absolute atomic E-state index is 12.2. The lowest BCUT2D eigenvalue weighted by molar-refractivity contribution is -0.118. The van der Waals surface area contributed by atoms with Crippen molar-refractivity contribution in [2.75, 3.05) is 5.75 Å². The van der Waals surface area contributed by atoms with Gasteiger partial charge in [0.15, 0.2) is 4.34 Å². The van der Waals surface area contributed by atoms with Gasteiger partial charge < -0.3 is 4.57 Å². The molecule has 4 aromatic rings. The number of carbonyl (C=O) groups is 1. The zero-order valence-electron chi connectivity index (χ0n) is 16.7. The molecule has 4 rings (SSSR count). The first-order valence-electron chi connectivity index (χ1n) is 9.37. The van der Waals surface area contributed by atoms with E-state index in [0.717, 1.165) is 46.1 Å². The number of carbonyl (C=O) groups excluding carboxylic acids is 1. The van der Waals surface area contributed by atoms with Gasteiger partial charge in [-0.25, -0.2) is 10.4 Å². The fourth-order valence-corrected chi connectivity index (χ4v) is 5.88. The summed E-state index contributed by atoms with van der Waals surface area (Å²) in [6, 6.07) is 16.1. The number of fused-ring (bicyclic) bond motifs is 1. The summed E-state index contributed by atoms with van der Waals surface area (Å²) < 4.78 is 6.14. The molecular formula is C22H18Br2N4OS2. The Morgan fingerprint density at radius 1 is 1.16 bits per heavy atom. The minimum Gasteiger partial charge on any atom is -0.317 e. The molecule has 0 aliphatic heterocycles. The van der Waals surface area contributed by atoms with Crippen LogP contribution in [0.3, 0.4) is 0 Å². The molecular weight excluding hydrogens is 560 g/mol. The lowest BCUT2D eigenvalue weighted by Gasteiger charge is -2.09. The van der Waals surface area contributed by atoms with Crippen LogP contribution in [-0.4, -0.2) is 27.4 Å². The van der Waals surface area contributed by atoms with E-state index in [-0.39, 0.29) is 11.7 Å². The zero-order valence-corrected chi connectivity index (χ0v) is 21.5. The van der Waals surface area contributed by atoms with Gasteiger partial charge >= 0.3 is 0 Å². The highest BCUT2D eigenvalue weighted by molar-refractivity contribution is 9.10. The highest BCUT2D eigenvalue weighted by Gasteiger charge is 2.16. The molecule has 31 heavy (non-hydrogen) atoms. The normalized spacial score (nSPS) is 11.5. The highest BCUT2D eigenvalue weighted by atomic mass is 79.9. The molecule has 2 aromatic carbocycles. The molecule has 0 spiro atoms. The van der Waals surface area contributed by atoms with E-state index < -0.39 is 0 Å². The summed E-state index contributed by atoms with van der Waals surface area (Å²) in [7, 11) is 0. The average molecular weight is 578 g/mol. The maximum atomic E-state index is 12.2. The van der Waals surface area contributed by atoms with Crippen LogP contribution < -0.4 is 5.43 Å². The van der Waals surface area contributed by atoms with Crippen molar-refractivity contribution in [3.8, 4) is 5.69 Å². The second-order valence-electron chi connectivity index (χ2n) is 6.74. The first kappa shape index (κ1) is 22.3. The van der Waals surface area contributed by atoms with Crippen LogP contribution in [0.25, 0.3) is 15.9 Å². The largest absolute Gasteiger partial charge is 0.317 e. The van der Waals surface area contributed by atoms with Crippen molar-refractivity contribution in [2.24, 2.45) is 5.10 Å². The number of nitrogens with zero attached hydrogens (tertiary/aromatic N) is 3. The molecule has 1 N–H and O–H groups in total. The van der Waals surface area contributed by atoms with E-state index in [2.05, 4.69) is 64.1 Å². The predicted octanol–water partition coefficient (Wildman–Crippen LogP) is 6.47. The lowest BCUT2D eigenvalue weighted by atomic mass is 10.2. The van der Waals surface area contributed by atoms with Crippen LogP contribution in [0, 0.1) is 13.8 Å². The van der Waals surface area contributed by atoms with Gasteiger partial charge in [-0.1, -0.05) is 39.8 Å². The summed E-state index contributed by atoms with van der Waals surface area (Å²) in [5.74, 6) is 0.0920. The Morgan fingerprint density at radius 2 is 1.90 bits per heavy atom. The van der Waals surface area contributed by atoms with Crippen LogP contribution in [0.15, 0.2) is 66.9 Å². The Bertz CT molecular complexity index is 1250. The van der Waals surface area contributed by atoms with Crippen molar-refractivity contribution in [2.45, 2.75) is 18.2 Å². The lowest BCUT2D eigenvalue weighted by Crippen LogP contribution is -2.19. The first-order chi connectivity index (χ1) is 14.9. The highest BCUT2D eigenvalue weighted by Crippen LogP contribution is 2.30. The molecule has 0 saturated carbocycles. The van der Waals surface area contributed by atoms with E-state index in [9.17, 15) is 4.79 Å². The molecule has 0 unspecified atom stereocenters. The molecule has 0 bridgehead atoms. The Hall–Kier alpha value is -1.94. The fourth-order valence-electron chi connectivity index (χ4n) is 3.19. The number of hydrogen-bond donors (Lipinski definition) is 1. The minimum atomic E-state index is -0.168. The van der Waals surface area contributed by atoms with Crippen LogP contribution in [0.2, 0.25) is 0 Å². The third-order valence-electron chi connectivity index (χ3n) is 4.68. The number of nitrogens with one attached hydrogen (secondary N) is 1. The summed E-state index contributed by atoms with van der Waals surface area (Å²) in [5, 5.41) is 4.17. The van der Waals surface area contributed by atoms with Gasteiger partial charge in [-0.2, -0.15) is 5.10 Å². The average Bonchev–Trinajstić information content (AvgIpc) is 3.27. The molecule has 0 radical (unpaired) electrons. The second kappa shape index (κ2) is 9.68. The van der Waals surface area contributed by atoms with Gasteiger partial charge in [-0.3, -0.25) is 4.79 Å². The number of halogens is 2. The number of hydrazone groups is 1. The summed E-state index contributed by atoms with van der Waals surface area (Å²) in [6.07, 6.45) is 1.68. The van der Waals surface area contributed by atoms with E-state index in [4.69, 9.17) is 0 Å². The van der Waals surface area contributed by atoms with Gasteiger partial charge in [-0.15, -0.1) is 11.3 Å². The van der Waals surface area contributed by atoms with Crippen molar-refractivity contribution in [1.29, 1.82) is 0 Å². The SMILES string of the molecule is Cc1c(Br)c(/C=N/NC(=O)CSc2nc3ccccc3s2)c(C)n1-c1ccc(Br)cc1. The Morgan fingerprint density at radius 3 is 2.65 bits per heavy atom.